The molecule has 3 aromatic heterocycles. The Morgan fingerprint density at radius 2 is 2.10 bits per heavy atom. The highest BCUT2D eigenvalue weighted by molar-refractivity contribution is 8.00. The van der Waals surface area contributed by atoms with Gasteiger partial charge in [-0.1, -0.05) is 50.8 Å². The molecule has 0 aliphatic heterocycles. The second-order valence-electron chi connectivity index (χ2n) is 7.76. The molecule has 6 nitrogen and oxygen atoms in total. The third-order valence-corrected chi connectivity index (χ3v) is 8.12. The largest absolute Gasteiger partial charge is 0.300 e. The van der Waals surface area contributed by atoms with Crippen molar-refractivity contribution in [1.82, 2.24) is 20.2 Å². The van der Waals surface area contributed by atoms with Gasteiger partial charge in [0.1, 0.15) is 20.7 Å². The van der Waals surface area contributed by atoms with E-state index in [1.54, 1.807) is 0 Å². The van der Waals surface area contributed by atoms with Gasteiger partial charge in [-0.3, -0.25) is 10.1 Å². The van der Waals surface area contributed by atoms with Crippen LogP contribution in [0.5, 0.6) is 0 Å². The van der Waals surface area contributed by atoms with Gasteiger partial charge in [0.2, 0.25) is 11.0 Å². The van der Waals surface area contributed by atoms with Crippen molar-refractivity contribution >= 4 is 55.7 Å². The highest BCUT2D eigenvalue weighted by Crippen LogP contribution is 2.41. The molecule has 1 N–H and O–H groups in total. The van der Waals surface area contributed by atoms with E-state index in [-0.39, 0.29) is 11.8 Å². The van der Waals surface area contributed by atoms with Crippen molar-refractivity contribution in [3.05, 3.63) is 21.3 Å². The number of aromatic nitrogens is 4. The molecule has 3 aromatic rings. The lowest BCUT2D eigenvalue weighted by Crippen LogP contribution is -2.14. The van der Waals surface area contributed by atoms with E-state index in [0.717, 1.165) is 45.9 Å². The smallest absolute Gasteiger partial charge is 0.236 e. The summed E-state index contributed by atoms with van der Waals surface area (Å²) in [6.45, 7) is 8.56. The van der Waals surface area contributed by atoms with Gasteiger partial charge >= 0.3 is 0 Å². The maximum Gasteiger partial charge on any atom is 0.236 e. The number of thioether (sulfide) groups is 1. The molecule has 1 aliphatic rings. The van der Waals surface area contributed by atoms with Crippen molar-refractivity contribution in [3.8, 4) is 0 Å². The molecule has 1 amide bonds. The molecule has 0 spiro atoms. The second-order valence-corrected chi connectivity index (χ2v) is 10.9. The average molecular weight is 448 g/mol. The van der Waals surface area contributed by atoms with E-state index in [9.17, 15) is 4.79 Å². The van der Waals surface area contributed by atoms with Gasteiger partial charge in [-0.05, 0) is 37.2 Å². The van der Waals surface area contributed by atoms with Gasteiger partial charge in [0.05, 0.1) is 5.75 Å². The molecule has 0 fully saturated rings. The first-order chi connectivity index (χ1) is 13.9. The van der Waals surface area contributed by atoms with Crippen LogP contribution in [0.3, 0.4) is 0 Å². The Morgan fingerprint density at radius 3 is 2.83 bits per heavy atom. The number of nitrogens with one attached hydrogen (secondary N) is 1. The van der Waals surface area contributed by atoms with Crippen LogP contribution in [-0.4, -0.2) is 31.8 Å². The Balaban J connectivity index is 1.59. The molecular weight excluding hydrogens is 422 g/mol. The lowest BCUT2D eigenvalue weighted by molar-refractivity contribution is -0.113. The lowest BCUT2D eigenvalue weighted by Gasteiger charge is -2.18. The topological polar surface area (TPSA) is 80.7 Å². The van der Waals surface area contributed by atoms with Crippen LogP contribution >= 0.6 is 34.4 Å². The van der Waals surface area contributed by atoms with Crippen LogP contribution in [-0.2, 0) is 24.1 Å². The van der Waals surface area contributed by atoms with E-state index in [1.807, 2.05) is 18.3 Å². The lowest BCUT2D eigenvalue weighted by atomic mass is 9.89. The van der Waals surface area contributed by atoms with Crippen molar-refractivity contribution in [2.24, 2.45) is 5.92 Å². The van der Waals surface area contributed by atoms with Gasteiger partial charge < -0.3 is 0 Å². The third kappa shape index (κ3) is 4.46. The van der Waals surface area contributed by atoms with Crippen molar-refractivity contribution in [3.63, 3.8) is 0 Å². The monoisotopic (exact) mass is 447 g/mol. The number of aryl methyl sites for hydroxylation is 2. The molecule has 0 bridgehead atoms. The van der Waals surface area contributed by atoms with E-state index in [0.29, 0.717) is 10.9 Å². The SMILES string of the molecule is CCc1nnc(NC(=O)CSc2nc(C(C)C)nc3sc4c(c23)CCC(C)C4)s1. The summed E-state index contributed by atoms with van der Waals surface area (Å²) in [5.74, 6) is 2.04. The Hall–Kier alpha value is -1.58. The van der Waals surface area contributed by atoms with E-state index in [4.69, 9.17) is 9.97 Å². The molecular formula is C20H25N5OS3. The first-order valence-electron chi connectivity index (χ1n) is 10.0. The Labute approximate surface area is 183 Å². The maximum atomic E-state index is 12.5. The van der Waals surface area contributed by atoms with Crippen LogP contribution in [0.4, 0.5) is 5.13 Å². The standard InChI is InChI=1S/C20H25N5OS3/c1-5-15-24-25-20(29-15)21-14(26)9-27-18-16-12-7-6-11(4)8-13(12)28-19(16)23-17(22-18)10(2)3/h10-11H,5-9H2,1-4H3,(H,21,25,26). The molecule has 1 aliphatic carbocycles. The molecule has 29 heavy (non-hydrogen) atoms. The van der Waals surface area contributed by atoms with Gasteiger partial charge in [-0.2, -0.15) is 0 Å². The van der Waals surface area contributed by atoms with Crippen molar-refractivity contribution in [2.75, 3.05) is 11.1 Å². The van der Waals surface area contributed by atoms with Gasteiger partial charge in [-0.25, -0.2) is 9.97 Å². The fourth-order valence-electron chi connectivity index (χ4n) is 3.42. The number of nitrogens with zero attached hydrogens (tertiary/aromatic N) is 4. The first-order valence-corrected chi connectivity index (χ1v) is 12.6. The summed E-state index contributed by atoms with van der Waals surface area (Å²) >= 11 is 4.73. The first kappa shape index (κ1) is 20.7. The number of carbonyl (C=O) groups excluding carboxylic acids is 1. The van der Waals surface area contributed by atoms with E-state index >= 15 is 0 Å². The number of fused-ring (bicyclic) bond motifs is 3. The molecule has 3 heterocycles. The summed E-state index contributed by atoms with van der Waals surface area (Å²) in [5, 5.41) is 14.5. The zero-order chi connectivity index (χ0) is 20.5. The fourth-order valence-corrected chi connectivity index (χ4v) is 6.44. The fraction of sp³-hybridized carbons (Fsp3) is 0.550. The normalized spacial score (nSPS) is 16.4. The van der Waals surface area contributed by atoms with Crippen LogP contribution in [0, 0.1) is 5.92 Å². The van der Waals surface area contributed by atoms with Crippen LogP contribution in [0.15, 0.2) is 5.03 Å². The maximum absolute atomic E-state index is 12.5. The zero-order valence-corrected chi connectivity index (χ0v) is 19.6. The number of hydrogen-bond donors (Lipinski definition) is 1. The highest BCUT2D eigenvalue weighted by atomic mass is 32.2. The van der Waals surface area contributed by atoms with E-state index in [1.165, 1.54) is 45.3 Å². The van der Waals surface area contributed by atoms with Crippen LogP contribution in [0.1, 0.15) is 61.3 Å². The van der Waals surface area contributed by atoms with E-state index < -0.39 is 0 Å². The summed E-state index contributed by atoms with van der Waals surface area (Å²) < 4.78 is 0. The average Bonchev–Trinajstić information content (AvgIpc) is 3.29. The van der Waals surface area contributed by atoms with Crippen molar-refractivity contribution < 1.29 is 4.79 Å². The number of rotatable bonds is 6. The molecule has 0 saturated heterocycles. The highest BCUT2D eigenvalue weighted by Gasteiger charge is 2.25. The summed E-state index contributed by atoms with van der Waals surface area (Å²) in [6.07, 6.45) is 4.22. The Bertz CT molecular complexity index is 1040. The van der Waals surface area contributed by atoms with Crippen LogP contribution in [0.2, 0.25) is 0 Å². The molecule has 1 atom stereocenters. The predicted octanol–water partition coefficient (Wildman–Crippen LogP) is 5.08. The zero-order valence-electron chi connectivity index (χ0n) is 17.1. The van der Waals surface area contributed by atoms with Crippen LogP contribution < -0.4 is 5.32 Å². The molecule has 0 saturated carbocycles. The van der Waals surface area contributed by atoms with Gasteiger partial charge in [-0.15, -0.1) is 21.5 Å². The number of thiophene rings is 1. The molecule has 9 heteroatoms. The minimum atomic E-state index is -0.0793. The molecule has 4 rings (SSSR count). The number of anilines is 1. The minimum absolute atomic E-state index is 0.0793. The Morgan fingerprint density at radius 1 is 1.28 bits per heavy atom. The molecule has 0 radical (unpaired) electrons. The quantitative estimate of drug-likeness (QED) is 0.419. The summed E-state index contributed by atoms with van der Waals surface area (Å²) in [7, 11) is 0. The summed E-state index contributed by atoms with van der Waals surface area (Å²) in [6, 6.07) is 0. The predicted molar refractivity (Wildman–Crippen MR) is 121 cm³/mol. The summed E-state index contributed by atoms with van der Waals surface area (Å²) in [5.41, 5.74) is 1.40. The minimum Gasteiger partial charge on any atom is -0.300 e. The summed E-state index contributed by atoms with van der Waals surface area (Å²) in [4.78, 5) is 24.7. The Kier molecular flexibility index (Phi) is 6.17. The van der Waals surface area contributed by atoms with Gasteiger partial charge in [0.25, 0.3) is 0 Å². The van der Waals surface area contributed by atoms with E-state index in [2.05, 4.69) is 36.3 Å². The van der Waals surface area contributed by atoms with Gasteiger partial charge in [0.15, 0.2) is 0 Å². The number of carbonyl (C=O) groups is 1. The second kappa shape index (κ2) is 8.65. The van der Waals surface area contributed by atoms with Gasteiger partial charge in [0, 0.05) is 16.2 Å². The third-order valence-electron chi connectivity index (χ3n) is 5.01. The molecule has 1 unspecified atom stereocenters. The number of amides is 1. The molecule has 0 aromatic carbocycles. The number of hydrogen-bond acceptors (Lipinski definition) is 8. The van der Waals surface area contributed by atoms with Crippen molar-refractivity contribution in [2.45, 2.75) is 64.3 Å². The molecule has 154 valence electrons. The van der Waals surface area contributed by atoms with Crippen LogP contribution in [0.25, 0.3) is 10.2 Å². The van der Waals surface area contributed by atoms with Crippen molar-refractivity contribution in [1.29, 1.82) is 0 Å².